The third-order valence-corrected chi connectivity index (χ3v) is 2.80. The Hall–Kier alpha value is -0.990. The maximum Gasteiger partial charge on any atom is 0.321 e. The van der Waals surface area contributed by atoms with Gasteiger partial charge in [-0.3, -0.25) is 0 Å². The van der Waals surface area contributed by atoms with Gasteiger partial charge in [-0.15, -0.1) is 0 Å². The highest BCUT2D eigenvalue weighted by Crippen LogP contribution is 2.22. The lowest BCUT2D eigenvalue weighted by atomic mass is 9.98. The molecule has 0 aromatic heterocycles. The van der Waals surface area contributed by atoms with Crippen molar-refractivity contribution in [2.45, 2.75) is 52.1 Å². The van der Waals surface area contributed by atoms with E-state index in [0.29, 0.717) is 12.1 Å². The van der Waals surface area contributed by atoms with Crippen LogP contribution in [0.3, 0.4) is 0 Å². The van der Waals surface area contributed by atoms with Crippen LogP contribution in [0.5, 0.6) is 0 Å². The maximum absolute atomic E-state index is 11.7. The van der Waals surface area contributed by atoms with E-state index in [-0.39, 0.29) is 6.03 Å². The molecule has 1 N–H and O–H groups in total. The second-order valence-corrected chi connectivity index (χ2v) is 3.99. The zero-order valence-electron chi connectivity index (χ0n) is 9.29. The second kappa shape index (κ2) is 5.03. The van der Waals surface area contributed by atoms with Crippen LogP contribution >= 0.6 is 0 Å². The van der Waals surface area contributed by atoms with Gasteiger partial charge in [0.15, 0.2) is 0 Å². The normalized spacial score (nSPS) is 28.1. The molecule has 1 rings (SSSR count). The van der Waals surface area contributed by atoms with Gasteiger partial charge in [-0.2, -0.15) is 0 Å². The van der Waals surface area contributed by atoms with E-state index >= 15 is 0 Å². The van der Waals surface area contributed by atoms with Gasteiger partial charge in [-0.25, -0.2) is 4.79 Å². The van der Waals surface area contributed by atoms with E-state index < -0.39 is 0 Å². The smallest absolute Gasteiger partial charge is 0.319 e. The molecule has 2 amide bonds. The number of rotatable bonds is 1. The lowest BCUT2D eigenvalue weighted by Gasteiger charge is -2.38. The number of carbonyl (C=O) groups excluding carboxylic acids is 1. The van der Waals surface area contributed by atoms with Crippen LogP contribution in [0, 0.1) is 0 Å². The van der Waals surface area contributed by atoms with Crippen LogP contribution in [0.4, 0.5) is 4.79 Å². The highest BCUT2D eigenvalue weighted by Gasteiger charge is 2.28. The van der Waals surface area contributed by atoms with Crippen molar-refractivity contribution in [2.24, 2.45) is 0 Å². The summed E-state index contributed by atoms with van der Waals surface area (Å²) >= 11 is 0. The number of allylic oxidation sites excluding steroid dienone is 1. The van der Waals surface area contributed by atoms with Crippen LogP contribution in [0.15, 0.2) is 12.3 Å². The predicted molar refractivity (Wildman–Crippen MR) is 58.0 cm³/mol. The topological polar surface area (TPSA) is 32.3 Å². The van der Waals surface area contributed by atoms with Gasteiger partial charge in [0.05, 0.1) is 0 Å². The number of carbonyl (C=O) groups is 1. The first-order valence-electron chi connectivity index (χ1n) is 5.36. The van der Waals surface area contributed by atoms with Crippen LogP contribution in [0.2, 0.25) is 0 Å². The first-order valence-corrected chi connectivity index (χ1v) is 5.36. The van der Waals surface area contributed by atoms with Crippen LogP contribution in [-0.4, -0.2) is 23.0 Å². The Bertz CT molecular complexity index is 215. The van der Waals surface area contributed by atoms with E-state index in [9.17, 15) is 4.79 Å². The van der Waals surface area contributed by atoms with Gasteiger partial charge < -0.3 is 10.2 Å². The van der Waals surface area contributed by atoms with Gasteiger partial charge >= 0.3 is 6.03 Å². The lowest BCUT2D eigenvalue weighted by Crippen LogP contribution is -2.50. The Morgan fingerprint density at radius 2 is 1.93 bits per heavy atom. The van der Waals surface area contributed by atoms with E-state index in [4.69, 9.17) is 0 Å². The average molecular weight is 196 g/mol. The molecule has 1 aliphatic rings. The summed E-state index contributed by atoms with van der Waals surface area (Å²) in [5, 5.41) is 2.77. The van der Waals surface area contributed by atoms with Crippen molar-refractivity contribution in [1.82, 2.24) is 10.2 Å². The molecule has 0 bridgehead atoms. The minimum atomic E-state index is 0.0304. The summed E-state index contributed by atoms with van der Waals surface area (Å²) in [5.74, 6) is 0. The van der Waals surface area contributed by atoms with Crippen molar-refractivity contribution >= 4 is 6.03 Å². The van der Waals surface area contributed by atoms with Gasteiger partial charge in [0.1, 0.15) is 0 Å². The van der Waals surface area contributed by atoms with Gasteiger partial charge in [0.25, 0.3) is 0 Å². The maximum atomic E-state index is 11.7. The Morgan fingerprint density at radius 3 is 2.43 bits per heavy atom. The summed E-state index contributed by atoms with van der Waals surface area (Å²) in [6.07, 6.45) is 6.99. The number of nitrogens with zero attached hydrogens (tertiary/aromatic N) is 1. The standard InChI is InChI=1S/C11H20N2O/c1-4-8-12-11(14)13-9(2)6-5-7-10(13)3/h4,8-10H,5-7H2,1-3H3,(H,12,14)/b8-4+. The summed E-state index contributed by atoms with van der Waals surface area (Å²) in [6, 6.07) is 0.760. The number of amides is 2. The van der Waals surface area contributed by atoms with Crippen molar-refractivity contribution in [3.05, 3.63) is 12.3 Å². The molecule has 2 unspecified atom stereocenters. The largest absolute Gasteiger partial charge is 0.321 e. The van der Waals surface area contributed by atoms with Crippen molar-refractivity contribution in [3.8, 4) is 0 Å². The van der Waals surface area contributed by atoms with Crippen LogP contribution in [0.25, 0.3) is 0 Å². The van der Waals surface area contributed by atoms with Crippen molar-refractivity contribution in [2.75, 3.05) is 0 Å². The number of likely N-dealkylation sites (tertiary alicyclic amines) is 1. The fraction of sp³-hybridized carbons (Fsp3) is 0.727. The fourth-order valence-electron chi connectivity index (χ4n) is 2.05. The minimum absolute atomic E-state index is 0.0304. The molecule has 0 aromatic carbocycles. The van der Waals surface area contributed by atoms with Crippen LogP contribution in [0.1, 0.15) is 40.0 Å². The van der Waals surface area contributed by atoms with Gasteiger partial charge in [0.2, 0.25) is 0 Å². The zero-order valence-corrected chi connectivity index (χ0v) is 9.29. The molecular formula is C11H20N2O. The molecule has 3 heteroatoms. The molecule has 1 saturated heterocycles. The Balaban J connectivity index is 2.58. The molecule has 0 aromatic rings. The number of nitrogens with one attached hydrogen (secondary N) is 1. The van der Waals surface area contributed by atoms with Crippen LogP contribution in [-0.2, 0) is 0 Å². The minimum Gasteiger partial charge on any atom is -0.319 e. The fourth-order valence-corrected chi connectivity index (χ4v) is 2.05. The highest BCUT2D eigenvalue weighted by atomic mass is 16.2. The molecule has 3 nitrogen and oxygen atoms in total. The molecule has 0 spiro atoms. The molecule has 2 atom stereocenters. The molecule has 14 heavy (non-hydrogen) atoms. The monoisotopic (exact) mass is 196 g/mol. The highest BCUT2D eigenvalue weighted by molar-refractivity contribution is 5.76. The number of urea groups is 1. The van der Waals surface area contributed by atoms with E-state index in [1.165, 1.54) is 6.42 Å². The molecule has 0 aliphatic carbocycles. The van der Waals surface area contributed by atoms with Gasteiger partial charge in [-0.1, -0.05) is 6.08 Å². The molecule has 0 radical (unpaired) electrons. The molecule has 1 aliphatic heterocycles. The predicted octanol–water partition coefficient (Wildman–Crippen LogP) is 2.49. The molecular weight excluding hydrogens is 176 g/mol. The summed E-state index contributed by atoms with van der Waals surface area (Å²) in [5.41, 5.74) is 0. The van der Waals surface area contributed by atoms with E-state index in [2.05, 4.69) is 19.2 Å². The molecule has 0 saturated carbocycles. The summed E-state index contributed by atoms with van der Waals surface area (Å²) in [4.78, 5) is 13.7. The van der Waals surface area contributed by atoms with Crippen molar-refractivity contribution in [3.63, 3.8) is 0 Å². The summed E-state index contributed by atoms with van der Waals surface area (Å²) in [6.45, 7) is 6.12. The SMILES string of the molecule is C/C=C/NC(=O)N1C(C)CCCC1C. The molecule has 80 valence electrons. The number of hydrogen-bond acceptors (Lipinski definition) is 1. The van der Waals surface area contributed by atoms with Gasteiger partial charge in [0, 0.05) is 18.3 Å². The Labute approximate surface area is 86.2 Å². The first-order chi connectivity index (χ1) is 6.66. The van der Waals surface area contributed by atoms with Gasteiger partial charge in [-0.05, 0) is 40.0 Å². The molecule has 1 fully saturated rings. The Morgan fingerprint density at radius 1 is 1.36 bits per heavy atom. The summed E-state index contributed by atoms with van der Waals surface area (Å²) in [7, 11) is 0. The van der Waals surface area contributed by atoms with E-state index in [1.54, 1.807) is 6.20 Å². The second-order valence-electron chi connectivity index (χ2n) is 3.99. The van der Waals surface area contributed by atoms with Crippen LogP contribution < -0.4 is 5.32 Å². The van der Waals surface area contributed by atoms with E-state index in [0.717, 1.165) is 12.8 Å². The third kappa shape index (κ3) is 2.50. The third-order valence-electron chi connectivity index (χ3n) is 2.80. The zero-order chi connectivity index (χ0) is 10.6. The number of hydrogen-bond donors (Lipinski definition) is 1. The van der Waals surface area contributed by atoms with Crippen molar-refractivity contribution in [1.29, 1.82) is 0 Å². The summed E-state index contributed by atoms with van der Waals surface area (Å²) < 4.78 is 0. The number of piperidine rings is 1. The van der Waals surface area contributed by atoms with E-state index in [1.807, 2.05) is 17.9 Å². The Kier molecular flexibility index (Phi) is 3.98. The molecule has 1 heterocycles. The van der Waals surface area contributed by atoms with Crippen molar-refractivity contribution < 1.29 is 4.79 Å². The average Bonchev–Trinajstić information content (AvgIpc) is 2.14. The first kappa shape index (κ1) is 11.1. The lowest BCUT2D eigenvalue weighted by molar-refractivity contribution is 0.126. The quantitative estimate of drug-likeness (QED) is 0.686.